The van der Waals surface area contributed by atoms with Crippen molar-refractivity contribution in [3.05, 3.63) is 35.1 Å². The van der Waals surface area contributed by atoms with E-state index in [4.69, 9.17) is 5.26 Å². The van der Waals surface area contributed by atoms with Gasteiger partial charge in [-0.1, -0.05) is 6.07 Å². The Kier molecular flexibility index (Phi) is 3.43. The van der Waals surface area contributed by atoms with Gasteiger partial charge in [0.15, 0.2) is 11.9 Å². The van der Waals surface area contributed by atoms with Gasteiger partial charge in [-0.15, -0.1) is 0 Å². The first kappa shape index (κ1) is 10.7. The third-order valence-corrected chi connectivity index (χ3v) is 1.66. The van der Waals surface area contributed by atoms with E-state index < -0.39 is 11.8 Å². The number of nitriles is 1. The summed E-state index contributed by atoms with van der Waals surface area (Å²) in [7, 11) is 1.16. The summed E-state index contributed by atoms with van der Waals surface area (Å²) in [4.78, 5) is 11.1. The molecule has 1 aromatic carbocycles. The molecule has 0 saturated heterocycles. The Morgan fingerprint density at radius 1 is 1.53 bits per heavy atom. The first-order valence-electron chi connectivity index (χ1n) is 3.97. The van der Waals surface area contributed by atoms with Gasteiger partial charge in [-0.2, -0.15) is 5.26 Å². The van der Waals surface area contributed by atoms with Crippen LogP contribution in [-0.2, 0) is 4.74 Å². The smallest absolute Gasteiger partial charge is 0.340 e. The number of rotatable bonds is 1. The fourth-order valence-electron chi connectivity index (χ4n) is 0.991. The van der Waals surface area contributed by atoms with E-state index in [0.29, 0.717) is 0 Å². The summed E-state index contributed by atoms with van der Waals surface area (Å²) in [5.41, 5.74) is -0.193. The van der Waals surface area contributed by atoms with Crippen molar-refractivity contribution >= 4 is 5.97 Å². The molecule has 0 aliphatic carbocycles. The SMILES string of the molecule is COC(=O)c1cccc(C#CC#N)c1F. The molecule has 0 spiro atoms. The molecular formula is C11H6FNO2. The Labute approximate surface area is 86.1 Å². The third kappa shape index (κ3) is 2.32. The Balaban J connectivity index is 3.24. The summed E-state index contributed by atoms with van der Waals surface area (Å²) < 4.78 is 17.9. The number of esters is 1. The molecule has 4 heteroatoms. The van der Waals surface area contributed by atoms with Crippen molar-refractivity contribution in [1.82, 2.24) is 0 Å². The summed E-state index contributed by atoms with van der Waals surface area (Å²) in [6.45, 7) is 0. The lowest BCUT2D eigenvalue weighted by atomic mass is 10.1. The minimum Gasteiger partial charge on any atom is -0.465 e. The monoisotopic (exact) mass is 203 g/mol. The molecule has 0 aliphatic rings. The van der Waals surface area contributed by atoms with Crippen molar-refractivity contribution in [2.24, 2.45) is 0 Å². The molecule has 3 nitrogen and oxygen atoms in total. The second kappa shape index (κ2) is 4.78. The van der Waals surface area contributed by atoms with Crippen LogP contribution in [0.25, 0.3) is 0 Å². The van der Waals surface area contributed by atoms with Crippen molar-refractivity contribution in [2.45, 2.75) is 0 Å². The van der Waals surface area contributed by atoms with Crippen molar-refractivity contribution in [2.75, 3.05) is 7.11 Å². The Hall–Kier alpha value is -2.33. The summed E-state index contributed by atoms with van der Waals surface area (Å²) >= 11 is 0. The minimum atomic E-state index is -0.771. The average molecular weight is 203 g/mol. The highest BCUT2D eigenvalue weighted by Gasteiger charge is 2.13. The summed E-state index contributed by atoms with van der Waals surface area (Å²) in [6, 6.07) is 5.70. The first-order valence-corrected chi connectivity index (χ1v) is 3.97. The van der Waals surface area contributed by atoms with E-state index in [9.17, 15) is 9.18 Å². The number of halogens is 1. The Morgan fingerprint density at radius 2 is 2.27 bits per heavy atom. The van der Waals surface area contributed by atoms with E-state index in [1.165, 1.54) is 18.2 Å². The number of nitrogens with zero attached hydrogens (tertiary/aromatic N) is 1. The number of ether oxygens (including phenoxy) is 1. The highest BCUT2D eigenvalue weighted by atomic mass is 19.1. The van der Waals surface area contributed by atoms with E-state index in [-0.39, 0.29) is 11.1 Å². The minimum absolute atomic E-state index is 0.000509. The normalized spacial score (nSPS) is 8.33. The molecule has 0 aromatic heterocycles. The largest absolute Gasteiger partial charge is 0.465 e. The van der Waals surface area contributed by atoms with Gasteiger partial charge in [0.05, 0.1) is 18.2 Å². The average Bonchev–Trinajstić information content (AvgIpc) is 2.27. The number of carbonyl (C=O) groups excluding carboxylic acids is 1. The molecule has 0 amide bonds. The zero-order valence-electron chi connectivity index (χ0n) is 7.87. The van der Waals surface area contributed by atoms with Crippen LogP contribution < -0.4 is 0 Å². The maximum atomic E-state index is 13.5. The van der Waals surface area contributed by atoms with Crippen LogP contribution in [0.3, 0.4) is 0 Å². The van der Waals surface area contributed by atoms with Gasteiger partial charge in [-0.3, -0.25) is 0 Å². The van der Waals surface area contributed by atoms with E-state index >= 15 is 0 Å². The third-order valence-electron chi connectivity index (χ3n) is 1.66. The topological polar surface area (TPSA) is 50.1 Å². The lowest BCUT2D eigenvalue weighted by molar-refractivity contribution is 0.0595. The molecule has 0 fully saturated rings. The van der Waals surface area contributed by atoms with Crippen LogP contribution in [0, 0.1) is 29.0 Å². The predicted octanol–water partition coefficient (Wildman–Crippen LogP) is 1.49. The van der Waals surface area contributed by atoms with Crippen molar-refractivity contribution in [3.8, 4) is 17.9 Å². The van der Waals surface area contributed by atoms with Crippen LogP contribution in [-0.4, -0.2) is 13.1 Å². The van der Waals surface area contributed by atoms with E-state index in [1.54, 1.807) is 6.07 Å². The maximum Gasteiger partial charge on any atom is 0.340 e. The fourth-order valence-corrected chi connectivity index (χ4v) is 0.991. The lowest BCUT2D eigenvalue weighted by Gasteiger charge is -2.01. The molecule has 0 saturated carbocycles. The first-order chi connectivity index (χ1) is 7.20. The number of benzene rings is 1. The number of hydrogen-bond acceptors (Lipinski definition) is 3. The van der Waals surface area contributed by atoms with Gasteiger partial charge in [0, 0.05) is 5.92 Å². The quantitative estimate of drug-likeness (QED) is 0.513. The Morgan fingerprint density at radius 3 is 2.87 bits per heavy atom. The standard InChI is InChI=1S/C11H6FNO2/c1-15-11(14)9-6-2-4-8(10(9)12)5-3-7-13/h2,4,6H,1H3. The highest BCUT2D eigenvalue weighted by Crippen LogP contribution is 2.12. The Bertz CT molecular complexity index is 492. The van der Waals surface area contributed by atoms with Gasteiger partial charge in [0.2, 0.25) is 0 Å². The van der Waals surface area contributed by atoms with Crippen LogP contribution in [0.1, 0.15) is 15.9 Å². The van der Waals surface area contributed by atoms with Crippen LogP contribution in [0.5, 0.6) is 0 Å². The van der Waals surface area contributed by atoms with Gasteiger partial charge in [0.25, 0.3) is 0 Å². The molecular weight excluding hydrogens is 197 g/mol. The van der Waals surface area contributed by atoms with Crippen LogP contribution in [0.15, 0.2) is 18.2 Å². The zero-order valence-corrected chi connectivity index (χ0v) is 7.87. The molecule has 0 bridgehead atoms. The van der Waals surface area contributed by atoms with Crippen LogP contribution in [0.4, 0.5) is 4.39 Å². The van der Waals surface area contributed by atoms with E-state index in [1.807, 2.05) is 0 Å². The lowest BCUT2D eigenvalue weighted by Crippen LogP contribution is -2.05. The molecule has 1 aromatic rings. The molecule has 0 heterocycles. The highest BCUT2D eigenvalue weighted by molar-refractivity contribution is 5.90. The molecule has 1 rings (SSSR count). The van der Waals surface area contributed by atoms with Crippen molar-refractivity contribution in [3.63, 3.8) is 0 Å². The summed E-state index contributed by atoms with van der Waals surface area (Å²) in [6.07, 6.45) is 0. The molecule has 0 atom stereocenters. The van der Waals surface area contributed by atoms with Gasteiger partial charge >= 0.3 is 5.97 Å². The number of methoxy groups -OCH3 is 1. The van der Waals surface area contributed by atoms with Crippen molar-refractivity contribution < 1.29 is 13.9 Å². The fraction of sp³-hybridized carbons (Fsp3) is 0.0909. The van der Waals surface area contributed by atoms with E-state index in [0.717, 1.165) is 7.11 Å². The number of carbonyl (C=O) groups is 1. The molecule has 15 heavy (non-hydrogen) atoms. The van der Waals surface area contributed by atoms with Gasteiger partial charge in [0.1, 0.15) is 0 Å². The molecule has 0 radical (unpaired) electrons. The van der Waals surface area contributed by atoms with Gasteiger partial charge in [-0.05, 0) is 18.1 Å². The summed E-state index contributed by atoms with van der Waals surface area (Å²) in [5.74, 6) is 2.80. The van der Waals surface area contributed by atoms with Crippen LogP contribution in [0.2, 0.25) is 0 Å². The second-order valence-electron chi connectivity index (χ2n) is 2.52. The second-order valence-corrected chi connectivity index (χ2v) is 2.52. The molecule has 0 aliphatic heterocycles. The number of hydrogen-bond donors (Lipinski definition) is 0. The maximum absolute atomic E-state index is 13.5. The predicted molar refractivity (Wildman–Crippen MR) is 50.2 cm³/mol. The molecule has 74 valence electrons. The zero-order chi connectivity index (χ0) is 11.3. The summed E-state index contributed by atoms with van der Waals surface area (Å²) in [5, 5.41) is 8.21. The van der Waals surface area contributed by atoms with Crippen molar-refractivity contribution in [1.29, 1.82) is 5.26 Å². The molecule has 0 unspecified atom stereocenters. The van der Waals surface area contributed by atoms with Crippen LogP contribution >= 0.6 is 0 Å². The van der Waals surface area contributed by atoms with E-state index in [2.05, 4.69) is 16.6 Å². The molecule has 0 N–H and O–H groups in total. The van der Waals surface area contributed by atoms with Gasteiger partial charge in [-0.25, -0.2) is 9.18 Å². The van der Waals surface area contributed by atoms with Gasteiger partial charge < -0.3 is 4.74 Å².